The van der Waals surface area contributed by atoms with Crippen LogP contribution in [0.4, 0.5) is 18.9 Å². The molecule has 0 unspecified atom stereocenters. The van der Waals surface area contributed by atoms with E-state index < -0.39 is 59.9 Å². The minimum atomic E-state index is -4.53. The number of pyridine rings is 1. The zero-order chi connectivity index (χ0) is 38.9. The van der Waals surface area contributed by atoms with E-state index in [0.717, 1.165) is 12.1 Å². The fourth-order valence-corrected chi connectivity index (χ4v) is 5.88. The Balaban J connectivity index is 1.64. The Morgan fingerprint density at radius 3 is 2.00 bits per heavy atom. The number of hydrogen-bond acceptors (Lipinski definition) is 9. The lowest BCUT2D eigenvalue weighted by Crippen LogP contribution is -2.51. The molecule has 0 fully saturated rings. The van der Waals surface area contributed by atoms with Crippen molar-refractivity contribution >= 4 is 51.3 Å². The van der Waals surface area contributed by atoms with E-state index in [2.05, 4.69) is 26.2 Å². The number of anilines is 1. The monoisotopic (exact) mass is 797 g/mol. The molecule has 0 aliphatic heterocycles. The van der Waals surface area contributed by atoms with Gasteiger partial charge < -0.3 is 24.4 Å². The number of halogens is 4. The molecule has 3 aromatic carbocycles. The standard InChI is InChI=1S/C38H35BrF3N3O8/c1-5-51-35(49)37(36(50)52-6-2,30-13-9-10-18-43-30)22-53-31(46)21-23-19-28(34(48)45(3)4)32(29(39)20-23)44-33(47)27-12-8-7-11-26(27)24-14-16-25(17-15-24)38(40,41)42/h7-20H,5-6,21-22H2,1-4H3,(H,44,47). The number of aromatic nitrogens is 1. The second-order valence-electron chi connectivity index (χ2n) is 11.7. The molecule has 1 N–H and O–H groups in total. The first-order chi connectivity index (χ1) is 25.1. The van der Waals surface area contributed by atoms with Crippen molar-refractivity contribution in [2.45, 2.75) is 31.9 Å². The number of esters is 3. The van der Waals surface area contributed by atoms with Gasteiger partial charge in [0.25, 0.3) is 11.8 Å². The van der Waals surface area contributed by atoms with Crippen LogP contribution in [0, 0.1) is 0 Å². The maximum atomic E-state index is 13.7. The van der Waals surface area contributed by atoms with Gasteiger partial charge in [-0.2, -0.15) is 13.2 Å². The van der Waals surface area contributed by atoms with Gasteiger partial charge in [-0.1, -0.05) is 36.4 Å². The Bertz CT molecular complexity index is 1970. The van der Waals surface area contributed by atoms with Crippen molar-refractivity contribution in [2.24, 2.45) is 0 Å². The van der Waals surface area contributed by atoms with Gasteiger partial charge >= 0.3 is 24.1 Å². The zero-order valence-electron chi connectivity index (χ0n) is 29.1. The molecular weight excluding hydrogens is 763 g/mol. The first-order valence-electron chi connectivity index (χ1n) is 16.2. The van der Waals surface area contributed by atoms with Crippen LogP contribution in [0.1, 0.15) is 51.4 Å². The summed E-state index contributed by atoms with van der Waals surface area (Å²) >= 11 is 3.40. The molecule has 0 radical (unpaired) electrons. The van der Waals surface area contributed by atoms with Gasteiger partial charge in [-0.3, -0.25) is 29.0 Å². The molecule has 4 rings (SSSR count). The minimum Gasteiger partial charge on any atom is -0.465 e. The van der Waals surface area contributed by atoms with Gasteiger partial charge in [-0.25, -0.2) is 0 Å². The van der Waals surface area contributed by atoms with Crippen LogP contribution in [0.15, 0.2) is 89.5 Å². The van der Waals surface area contributed by atoms with Gasteiger partial charge in [0.15, 0.2) is 0 Å². The summed E-state index contributed by atoms with van der Waals surface area (Å²) in [6, 6.07) is 18.1. The maximum absolute atomic E-state index is 13.7. The Kier molecular flexibility index (Phi) is 13.1. The summed E-state index contributed by atoms with van der Waals surface area (Å²) in [5.74, 6) is -4.12. The highest BCUT2D eigenvalue weighted by atomic mass is 79.9. The predicted molar refractivity (Wildman–Crippen MR) is 191 cm³/mol. The molecule has 4 aromatic rings. The smallest absolute Gasteiger partial charge is 0.416 e. The summed E-state index contributed by atoms with van der Waals surface area (Å²) in [5, 5.41) is 2.73. The van der Waals surface area contributed by atoms with E-state index >= 15 is 0 Å². The third-order valence-electron chi connectivity index (χ3n) is 7.87. The molecular formula is C38H35BrF3N3O8. The normalized spacial score (nSPS) is 11.3. The number of rotatable bonds is 13. The fourth-order valence-electron chi connectivity index (χ4n) is 5.27. The molecule has 278 valence electrons. The molecule has 1 aromatic heterocycles. The predicted octanol–water partition coefficient (Wildman–Crippen LogP) is 6.63. The summed E-state index contributed by atoms with van der Waals surface area (Å²) in [6.07, 6.45) is -3.60. The molecule has 2 amide bonds. The SMILES string of the molecule is CCOC(=O)C(COC(=O)Cc1cc(Br)c(NC(=O)c2ccccc2-c2ccc(C(F)(F)F)cc2)c(C(=O)N(C)C)c1)(C(=O)OCC)c1ccccn1. The molecule has 0 bridgehead atoms. The first kappa shape index (κ1) is 40.2. The third kappa shape index (κ3) is 9.27. The van der Waals surface area contributed by atoms with Crippen molar-refractivity contribution in [3.8, 4) is 11.1 Å². The Morgan fingerprint density at radius 1 is 0.811 bits per heavy atom. The average Bonchev–Trinajstić information content (AvgIpc) is 3.13. The zero-order valence-corrected chi connectivity index (χ0v) is 30.7. The number of ether oxygens (including phenoxy) is 3. The summed E-state index contributed by atoms with van der Waals surface area (Å²) < 4.78 is 55.6. The largest absolute Gasteiger partial charge is 0.465 e. The van der Waals surface area contributed by atoms with E-state index in [0.29, 0.717) is 11.1 Å². The maximum Gasteiger partial charge on any atom is 0.416 e. The highest BCUT2D eigenvalue weighted by molar-refractivity contribution is 9.10. The van der Waals surface area contributed by atoms with Crippen molar-refractivity contribution in [3.05, 3.63) is 117 Å². The van der Waals surface area contributed by atoms with Gasteiger partial charge in [0, 0.05) is 30.3 Å². The topological polar surface area (TPSA) is 141 Å². The van der Waals surface area contributed by atoms with Crippen molar-refractivity contribution in [1.82, 2.24) is 9.88 Å². The van der Waals surface area contributed by atoms with Gasteiger partial charge in [0.2, 0.25) is 5.41 Å². The van der Waals surface area contributed by atoms with Crippen LogP contribution in [0.25, 0.3) is 11.1 Å². The lowest BCUT2D eigenvalue weighted by Gasteiger charge is -2.28. The fraction of sp³-hybridized carbons (Fsp3) is 0.263. The Morgan fingerprint density at radius 2 is 1.43 bits per heavy atom. The molecule has 0 spiro atoms. The van der Waals surface area contributed by atoms with E-state index in [1.807, 2.05) is 0 Å². The Hall–Kier alpha value is -5.57. The molecule has 1 heterocycles. The molecule has 11 nitrogen and oxygen atoms in total. The van der Waals surface area contributed by atoms with Crippen LogP contribution >= 0.6 is 15.9 Å². The molecule has 0 aliphatic carbocycles. The number of alkyl halides is 3. The van der Waals surface area contributed by atoms with Crippen LogP contribution in [0.3, 0.4) is 0 Å². The van der Waals surface area contributed by atoms with E-state index in [4.69, 9.17) is 14.2 Å². The van der Waals surface area contributed by atoms with Crippen molar-refractivity contribution in [2.75, 3.05) is 39.2 Å². The number of benzene rings is 3. The lowest BCUT2D eigenvalue weighted by atomic mass is 9.84. The molecule has 0 saturated carbocycles. The van der Waals surface area contributed by atoms with Crippen LogP contribution < -0.4 is 5.32 Å². The van der Waals surface area contributed by atoms with Crippen LogP contribution in [-0.2, 0) is 46.6 Å². The van der Waals surface area contributed by atoms with E-state index in [9.17, 15) is 37.1 Å². The first-order valence-corrected chi connectivity index (χ1v) is 17.0. The van der Waals surface area contributed by atoms with Crippen LogP contribution in [0.5, 0.6) is 0 Å². The Labute approximate surface area is 311 Å². The van der Waals surface area contributed by atoms with Gasteiger partial charge in [0.1, 0.15) is 6.61 Å². The van der Waals surface area contributed by atoms with Gasteiger partial charge in [-0.15, -0.1) is 0 Å². The van der Waals surface area contributed by atoms with Gasteiger partial charge in [0.05, 0.1) is 42.1 Å². The number of amides is 2. The number of carbonyl (C=O) groups excluding carboxylic acids is 5. The third-order valence-corrected chi connectivity index (χ3v) is 8.49. The number of carbonyl (C=O) groups is 5. The summed E-state index contributed by atoms with van der Waals surface area (Å²) in [6.45, 7) is 2.14. The van der Waals surface area contributed by atoms with Crippen LogP contribution in [0.2, 0.25) is 0 Å². The lowest BCUT2D eigenvalue weighted by molar-refractivity contribution is -0.170. The van der Waals surface area contributed by atoms with Crippen LogP contribution in [-0.4, -0.2) is 73.5 Å². The van der Waals surface area contributed by atoms with E-state index in [1.165, 1.54) is 61.6 Å². The summed E-state index contributed by atoms with van der Waals surface area (Å²) in [5.41, 5.74) is -1.96. The molecule has 0 saturated heterocycles. The highest BCUT2D eigenvalue weighted by Gasteiger charge is 2.53. The highest BCUT2D eigenvalue weighted by Crippen LogP contribution is 2.34. The van der Waals surface area contributed by atoms with Crippen molar-refractivity contribution in [1.29, 1.82) is 0 Å². The average molecular weight is 799 g/mol. The minimum absolute atomic E-state index is 0.00610. The quantitative estimate of drug-likeness (QED) is 0.0897. The molecule has 53 heavy (non-hydrogen) atoms. The van der Waals surface area contributed by atoms with E-state index in [1.54, 1.807) is 44.2 Å². The second kappa shape index (κ2) is 17.3. The van der Waals surface area contributed by atoms with Crippen molar-refractivity contribution < 1.29 is 51.4 Å². The summed E-state index contributed by atoms with van der Waals surface area (Å²) in [7, 11) is 2.98. The summed E-state index contributed by atoms with van der Waals surface area (Å²) in [4.78, 5) is 72.4. The van der Waals surface area contributed by atoms with Crippen molar-refractivity contribution in [3.63, 3.8) is 0 Å². The second-order valence-corrected chi connectivity index (χ2v) is 12.5. The number of hydrogen-bond donors (Lipinski definition) is 1. The number of nitrogens with one attached hydrogen (secondary N) is 1. The number of nitrogens with zero attached hydrogens (tertiary/aromatic N) is 2. The molecule has 0 aliphatic rings. The molecule has 15 heteroatoms. The molecule has 0 atom stereocenters. The van der Waals surface area contributed by atoms with E-state index in [-0.39, 0.29) is 45.8 Å². The van der Waals surface area contributed by atoms with Gasteiger partial charge in [-0.05, 0) is 88.9 Å².